The average Bonchev–Trinajstić information content (AvgIpc) is 3.21. The molecule has 10 heteroatoms. The summed E-state index contributed by atoms with van der Waals surface area (Å²) in [5, 5.41) is 15.9. The highest BCUT2D eigenvalue weighted by atomic mass is 32.1. The molecule has 150 valence electrons. The Balaban J connectivity index is 1.58. The molecule has 4 aromatic rings. The second-order valence-corrected chi connectivity index (χ2v) is 7.01. The quantitative estimate of drug-likeness (QED) is 0.291. The van der Waals surface area contributed by atoms with Gasteiger partial charge in [-0.05, 0) is 36.4 Å². The molecule has 0 atom stereocenters. The molecule has 1 amide bonds. The Morgan fingerprint density at radius 2 is 1.97 bits per heavy atom. The number of hydrogen-bond donors (Lipinski definition) is 1. The van der Waals surface area contributed by atoms with Gasteiger partial charge in [0, 0.05) is 28.5 Å². The molecule has 0 bridgehead atoms. The molecule has 4 rings (SSSR count). The highest BCUT2D eigenvalue weighted by molar-refractivity contribution is 7.14. The molecular weight excluding hydrogens is 410 g/mol. The SMILES string of the molecule is COc1ccc2oc(=O)c(C(=O)Nc3nc(-c4ccc([N+](=O)[O-])cc4)cs3)cc2c1. The van der Waals surface area contributed by atoms with Crippen LogP contribution in [0.1, 0.15) is 10.4 Å². The van der Waals surface area contributed by atoms with Crippen molar-refractivity contribution in [1.82, 2.24) is 4.98 Å². The van der Waals surface area contributed by atoms with E-state index in [-0.39, 0.29) is 16.4 Å². The van der Waals surface area contributed by atoms with E-state index in [1.54, 1.807) is 35.7 Å². The van der Waals surface area contributed by atoms with Gasteiger partial charge in [0.15, 0.2) is 5.13 Å². The number of carbonyl (C=O) groups is 1. The van der Waals surface area contributed by atoms with Gasteiger partial charge in [-0.1, -0.05) is 0 Å². The second kappa shape index (κ2) is 7.76. The van der Waals surface area contributed by atoms with Gasteiger partial charge in [0.2, 0.25) is 0 Å². The number of nitrogens with zero attached hydrogens (tertiary/aromatic N) is 2. The van der Waals surface area contributed by atoms with E-state index in [1.807, 2.05) is 0 Å². The number of nitrogens with one attached hydrogen (secondary N) is 1. The number of fused-ring (bicyclic) bond motifs is 1. The van der Waals surface area contributed by atoms with Crippen molar-refractivity contribution in [3.63, 3.8) is 0 Å². The van der Waals surface area contributed by atoms with E-state index < -0.39 is 16.5 Å². The summed E-state index contributed by atoms with van der Waals surface area (Å²) >= 11 is 1.16. The Morgan fingerprint density at radius 3 is 2.67 bits per heavy atom. The van der Waals surface area contributed by atoms with Crippen molar-refractivity contribution in [1.29, 1.82) is 0 Å². The van der Waals surface area contributed by atoms with Gasteiger partial charge >= 0.3 is 5.63 Å². The van der Waals surface area contributed by atoms with Crippen LogP contribution in [0.5, 0.6) is 5.75 Å². The minimum atomic E-state index is -0.766. The Labute approximate surface area is 172 Å². The van der Waals surface area contributed by atoms with Crippen molar-refractivity contribution >= 4 is 39.0 Å². The number of nitro benzene ring substituents is 1. The molecule has 2 heterocycles. The van der Waals surface area contributed by atoms with Gasteiger partial charge < -0.3 is 9.15 Å². The summed E-state index contributed by atoms with van der Waals surface area (Å²) in [4.78, 5) is 39.4. The Hall–Kier alpha value is -4.05. The first-order chi connectivity index (χ1) is 14.4. The van der Waals surface area contributed by atoms with Gasteiger partial charge in [-0.15, -0.1) is 11.3 Å². The van der Waals surface area contributed by atoms with E-state index in [1.165, 1.54) is 25.3 Å². The van der Waals surface area contributed by atoms with Crippen LogP contribution < -0.4 is 15.7 Å². The van der Waals surface area contributed by atoms with E-state index in [0.717, 1.165) is 11.3 Å². The van der Waals surface area contributed by atoms with Gasteiger partial charge in [0.05, 0.1) is 17.7 Å². The molecule has 0 aliphatic carbocycles. The van der Waals surface area contributed by atoms with E-state index in [2.05, 4.69) is 10.3 Å². The normalized spacial score (nSPS) is 10.7. The standard InChI is InChI=1S/C20H13N3O6S/c1-28-14-6-7-17-12(8-14)9-15(19(25)29-17)18(24)22-20-21-16(10-30-20)11-2-4-13(5-3-11)23(26)27/h2-10H,1H3,(H,21,22,24). The number of methoxy groups -OCH3 is 1. The number of nitro groups is 1. The van der Waals surface area contributed by atoms with Crippen molar-refractivity contribution in [3.8, 4) is 17.0 Å². The van der Waals surface area contributed by atoms with E-state index in [4.69, 9.17) is 9.15 Å². The maximum atomic E-state index is 12.6. The fourth-order valence-electron chi connectivity index (χ4n) is 2.77. The van der Waals surface area contributed by atoms with Crippen molar-refractivity contribution in [2.24, 2.45) is 0 Å². The smallest absolute Gasteiger partial charge is 0.349 e. The largest absolute Gasteiger partial charge is 0.497 e. The van der Waals surface area contributed by atoms with Crippen molar-refractivity contribution in [3.05, 3.63) is 80.0 Å². The number of rotatable bonds is 5. The fraction of sp³-hybridized carbons (Fsp3) is 0.0500. The Kier molecular flexibility index (Phi) is 4.98. The highest BCUT2D eigenvalue weighted by Gasteiger charge is 2.16. The molecule has 0 radical (unpaired) electrons. The lowest BCUT2D eigenvalue weighted by Gasteiger charge is -2.04. The van der Waals surface area contributed by atoms with Gasteiger partial charge in [-0.3, -0.25) is 20.2 Å². The van der Waals surface area contributed by atoms with Crippen LogP contribution in [0.25, 0.3) is 22.2 Å². The lowest BCUT2D eigenvalue weighted by atomic mass is 10.1. The lowest BCUT2D eigenvalue weighted by Crippen LogP contribution is -2.20. The zero-order chi connectivity index (χ0) is 21.3. The molecule has 0 aliphatic heterocycles. The fourth-order valence-corrected chi connectivity index (χ4v) is 3.48. The monoisotopic (exact) mass is 423 g/mol. The summed E-state index contributed by atoms with van der Waals surface area (Å²) < 4.78 is 10.4. The number of anilines is 1. The minimum absolute atomic E-state index is 0.0258. The molecule has 1 N–H and O–H groups in total. The summed E-state index contributed by atoms with van der Waals surface area (Å²) in [5.74, 6) is -0.0894. The zero-order valence-electron chi connectivity index (χ0n) is 15.4. The maximum absolute atomic E-state index is 12.6. The first-order valence-electron chi connectivity index (χ1n) is 8.58. The predicted molar refractivity (Wildman–Crippen MR) is 111 cm³/mol. The second-order valence-electron chi connectivity index (χ2n) is 6.15. The number of hydrogen-bond acceptors (Lipinski definition) is 8. The summed E-state index contributed by atoms with van der Waals surface area (Å²) in [5.41, 5.74) is 0.588. The summed E-state index contributed by atoms with van der Waals surface area (Å²) in [7, 11) is 1.51. The van der Waals surface area contributed by atoms with Gasteiger partial charge in [-0.2, -0.15) is 0 Å². The van der Waals surface area contributed by atoms with Crippen molar-refractivity contribution < 1.29 is 18.9 Å². The Bertz CT molecular complexity index is 1330. The number of carbonyl (C=O) groups excluding carboxylic acids is 1. The predicted octanol–water partition coefficient (Wildman–Crippen LogP) is 4.09. The number of amides is 1. The molecule has 0 unspecified atom stereocenters. The van der Waals surface area contributed by atoms with Gasteiger partial charge in [0.25, 0.3) is 11.6 Å². The van der Waals surface area contributed by atoms with E-state index >= 15 is 0 Å². The summed E-state index contributed by atoms with van der Waals surface area (Å²) in [6.45, 7) is 0. The van der Waals surface area contributed by atoms with Gasteiger partial charge in [0.1, 0.15) is 16.9 Å². The van der Waals surface area contributed by atoms with Crippen LogP contribution in [0, 0.1) is 10.1 Å². The molecule has 30 heavy (non-hydrogen) atoms. The summed E-state index contributed by atoms with van der Waals surface area (Å²) in [6, 6.07) is 12.2. The molecule has 0 fully saturated rings. The van der Waals surface area contributed by atoms with Crippen LogP contribution in [0.4, 0.5) is 10.8 Å². The van der Waals surface area contributed by atoms with Crippen LogP contribution in [0.3, 0.4) is 0 Å². The maximum Gasteiger partial charge on any atom is 0.349 e. The van der Waals surface area contributed by atoms with Crippen LogP contribution in [-0.4, -0.2) is 22.9 Å². The number of aromatic nitrogens is 1. The first kappa shape index (κ1) is 19.3. The van der Waals surface area contributed by atoms with Crippen LogP contribution >= 0.6 is 11.3 Å². The molecule has 0 saturated heterocycles. The van der Waals surface area contributed by atoms with Crippen molar-refractivity contribution in [2.75, 3.05) is 12.4 Å². The van der Waals surface area contributed by atoms with Crippen LogP contribution in [0.15, 0.2) is 63.1 Å². The van der Waals surface area contributed by atoms with E-state index in [0.29, 0.717) is 28.0 Å². The minimum Gasteiger partial charge on any atom is -0.497 e. The number of non-ortho nitro benzene ring substituents is 1. The van der Waals surface area contributed by atoms with Gasteiger partial charge in [-0.25, -0.2) is 9.78 Å². The molecular formula is C20H13N3O6S. The molecule has 2 aromatic carbocycles. The molecule has 9 nitrogen and oxygen atoms in total. The number of ether oxygens (including phenoxy) is 1. The molecule has 0 saturated carbocycles. The highest BCUT2D eigenvalue weighted by Crippen LogP contribution is 2.27. The first-order valence-corrected chi connectivity index (χ1v) is 9.46. The molecule has 0 aliphatic rings. The van der Waals surface area contributed by atoms with Crippen molar-refractivity contribution in [2.45, 2.75) is 0 Å². The Morgan fingerprint density at radius 1 is 1.20 bits per heavy atom. The third-order valence-electron chi connectivity index (χ3n) is 4.28. The third kappa shape index (κ3) is 3.76. The topological polar surface area (TPSA) is 125 Å². The molecule has 0 spiro atoms. The van der Waals surface area contributed by atoms with Crippen LogP contribution in [0.2, 0.25) is 0 Å². The average molecular weight is 423 g/mol. The lowest BCUT2D eigenvalue weighted by molar-refractivity contribution is -0.384. The van der Waals surface area contributed by atoms with Crippen LogP contribution in [-0.2, 0) is 0 Å². The zero-order valence-corrected chi connectivity index (χ0v) is 16.3. The number of thiazole rings is 1. The molecule has 2 aromatic heterocycles. The third-order valence-corrected chi connectivity index (χ3v) is 5.04. The van der Waals surface area contributed by atoms with E-state index in [9.17, 15) is 19.7 Å². The number of benzene rings is 2. The summed E-state index contributed by atoms with van der Waals surface area (Å²) in [6.07, 6.45) is 0.